The molecule has 0 saturated carbocycles. The highest BCUT2D eigenvalue weighted by atomic mass is 16.2. The van der Waals surface area contributed by atoms with Gasteiger partial charge in [-0.25, -0.2) is 0 Å². The van der Waals surface area contributed by atoms with Crippen LogP contribution in [0.5, 0.6) is 0 Å². The van der Waals surface area contributed by atoms with Crippen LogP contribution in [0.4, 0.5) is 0 Å². The van der Waals surface area contributed by atoms with Gasteiger partial charge in [0.1, 0.15) is 6.29 Å². The zero-order chi connectivity index (χ0) is 13.3. The summed E-state index contributed by atoms with van der Waals surface area (Å²) in [5.74, 6) is 0.117. The molecule has 0 aliphatic rings. The summed E-state index contributed by atoms with van der Waals surface area (Å²) in [5, 5.41) is 2.66. The monoisotopic (exact) mass is 243 g/mol. The summed E-state index contributed by atoms with van der Waals surface area (Å²) < 4.78 is 0. The van der Waals surface area contributed by atoms with Crippen molar-refractivity contribution >= 4 is 12.2 Å². The Bertz CT molecular complexity index is 232. The summed E-state index contributed by atoms with van der Waals surface area (Å²) >= 11 is 0. The molecule has 0 radical (unpaired) electrons. The summed E-state index contributed by atoms with van der Waals surface area (Å²) in [4.78, 5) is 22.5. The number of hydrogen-bond acceptors (Lipinski definition) is 4. The molecule has 0 aliphatic heterocycles. The van der Waals surface area contributed by atoms with Crippen molar-refractivity contribution in [1.82, 2.24) is 5.32 Å². The van der Waals surface area contributed by atoms with Gasteiger partial charge in [-0.1, -0.05) is 13.8 Å². The minimum atomic E-state index is -0.535. The van der Waals surface area contributed by atoms with Crippen LogP contribution in [-0.2, 0) is 9.59 Å². The van der Waals surface area contributed by atoms with Gasteiger partial charge in [-0.2, -0.15) is 0 Å². The van der Waals surface area contributed by atoms with E-state index < -0.39 is 12.1 Å². The number of aldehydes is 1. The van der Waals surface area contributed by atoms with E-state index >= 15 is 0 Å². The summed E-state index contributed by atoms with van der Waals surface area (Å²) in [5.41, 5.74) is 11.1. The fourth-order valence-corrected chi connectivity index (χ4v) is 1.59. The predicted molar refractivity (Wildman–Crippen MR) is 68.3 cm³/mol. The van der Waals surface area contributed by atoms with Crippen molar-refractivity contribution in [3.63, 3.8) is 0 Å². The van der Waals surface area contributed by atoms with Crippen LogP contribution in [0, 0.1) is 5.92 Å². The molecule has 0 aromatic rings. The zero-order valence-electron chi connectivity index (χ0n) is 10.8. The maximum Gasteiger partial charge on any atom is 0.237 e. The molecule has 5 nitrogen and oxygen atoms in total. The topological polar surface area (TPSA) is 98.2 Å². The fourth-order valence-electron chi connectivity index (χ4n) is 1.59. The Hall–Kier alpha value is -0.940. The molecule has 0 unspecified atom stereocenters. The first-order valence-corrected chi connectivity index (χ1v) is 6.22. The van der Waals surface area contributed by atoms with Crippen molar-refractivity contribution in [3.05, 3.63) is 0 Å². The third-order valence-corrected chi connectivity index (χ3v) is 2.52. The van der Waals surface area contributed by atoms with Gasteiger partial charge in [-0.05, 0) is 38.1 Å². The molecule has 0 fully saturated rings. The van der Waals surface area contributed by atoms with E-state index in [1.165, 1.54) is 0 Å². The highest BCUT2D eigenvalue weighted by Gasteiger charge is 2.18. The molecule has 0 aromatic heterocycles. The molecule has 0 bridgehead atoms. The Kier molecular flexibility index (Phi) is 8.62. The average Bonchev–Trinajstić information content (AvgIpc) is 2.26. The smallest absolute Gasteiger partial charge is 0.237 e. The van der Waals surface area contributed by atoms with Crippen LogP contribution >= 0.6 is 0 Å². The molecule has 100 valence electrons. The Morgan fingerprint density at radius 1 is 1.35 bits per heavy atom. The zero-order valence-corrected chi connectivity index (χ0v) is 10.8. The average molecular weight is 243 g/mol. The maximum atomic E-state index is 11.7. The summed E-state index contributed by atoms with van der Waals surface area (Å²) in [6.45, 7) is 4.61. The molecular formula is C12H25N3O2. The number of unbranched alkanes of at least 4 members (excludes halogenated alkanes) is 1. The quantitative estimate of drug-likeness (QED) is 0.397. The molecule has 5 heteroatoms. The lowest BCUT2D eigenvalue weighted by atomic mass is 10.0. The van der Waals surface area contributed by atoms with E-state index in [4.69, 9.17) is 11.5 Å². The summed E-state index contributed by atoms with van der Waals surface area (Å²) in [6, 6.07) is -0.973. The molecule has 0 saturated heterocycles. The van der Waals surface area contributed by atoms with Gasteiger partial charge < -0.3 is 21.6 Å². The second-order valence-electron chi connectivity index (χ2n) is 4.77. The van der Waals surface area contributed by atoms with Gasteiger partial charge in [0, 0.05) is 0 Å². The van der Waals surface area contributed by atoms with E-state index in [1.807, 2.05) is 13.8 Å². The number of amides is 1. The molecule has 0 spiro atoms. The Balaban J connectivity index is 4.00. The van der Waals surface area contributed by atoms with Crippen LogP contribution in [0.15, 0.2) is 0 Å². The van der Waals surface area contributed by atoms with Crippen LogP contribution in [0.2, 0.25) is 0 Å². The second kappa shape index (κ2) is 9.13. The lowest BCUT2D eigenvalue weighted by Crippen LogP contribution is -2.46. The van der Waals surface area contributed by atoms with Gasteiger partial charge in [0.05, 0.1) is 12.1 Å². The fraction of sp³-hybridized carbons (Fsp3) is 0.833. The largest absolute Gasteiger partial charge is 0.345 e. The van der Waals surface area contributed by atoms with E-state index in [1.54, 1.807) is 0 Å². The lowest BCUT2D eigenvalue weighted by Gasteiger charge is -2.17. The van der Waals surface area contributed by atoms with Gasteiger partial charge in [0.15, 0.2) is 0 Å². The van der Waals surface area contributed by atoms with E-state index in [9.17, 15) is 9.59 Å². The van der Waals surface area contributed by atoms with Crippen LogP contribution < -0.4 is 16.8 Å². The molecular weight excluding hydrogens is 218 g/mol. The number of carbonyl (C=O) groups is 2. The highest BCUT2D eigenvalue weighted by Crippen LogP contribution is 2.04. The number of nitrogens with one attached hydrogen (secondary N) is 1. The van der Waals surface area contributed by atoms with Gasteiger partial charge in [-0.3, -0.25) is 4.79 Å². The van der Waals surface area contributed by atoms with Crippen molar-refractivity contribution in [2.75, 3.05) is 6.54 Å². The minimum Gasteiger partial charge on any atom is -0.345 e. The first-order chi connectivity index (χ1) is 8.01. The molecule has 1 amide bonds. The molecule has 5 N–H and O–H groups in total. The molecule has 2 atom stereocenters. The molecule has 0 aliphatic carbocycles. The van der Waals surface area contributed by atoms with Crippen LogP contribution in [-0.4, -0.2) is 30.8 Å². The number of hydrogen-bond donors (Lipinski definition) is 3. The Morgan fingerprint density at radius 3 is 2.47 bits per heavy atom. The minimum absolute atomic E-state index is 0.247. The van der Waals surface area contributed by atoms with Crippen LogP contribution in [0.3, 0.4) is 0 Å². The van der Waals surface area contributed by atoms with Crippen molar-refractivity contribution in [3.8, 4) is 0 Å². The molecule has 0 heterocycles. The van der Waals surface area contributed by atoms with Crippen molar-refractivity contribution in [2.45, 2.75) is 51.6 Å². The predicted octanol–water partition coefficient (Wildman–Crippen LogP) is 0.173. The summed E-state index contributed by atoms with van der Waals surface area (Å²) in [7, 11) is 0. The van der Waals surface area contributed by atoms with Gasteiger partial charge in [0.2, 0.25) is 5.91 Å². The van der Waals surface area contributed by atoms with Gasteiger partial charge >= 0.3 is 0 Å². The number of carbonyl (C=O) groups excluding carboxylic acids is 2. The Labute approximate surface area is 103 Å². The molecule has 0 aromatic carbocycles. The standard InChI is InChI=1S/C12H25N3O2/c1-9(2)7-11(14)12(17)15-10(8-16)5-3-4-6-13/h8-11H,3-7,13-14H2,1-2H3,(H,15,17)/t10-,11-/m1/s1. The highest BCUT2D eigenvalue weighted by molar-refractivity contribution is 5.84. The van der Waals surface area contributed by atoms with Gasteiger partial charge in [0.25, 0.3) is 0 Å². The van der Waals surface area contributed by atoms with E-state index in [0.29, 0.717) is 25.3 Å². The third kappa shape index (κ3) is 7.88. The second-order valence-corrected chi connectivity index (χ2v) is 4.77. The molecule has 17 heavy (non-hydrogen) atoms. The summed E-state index contributed by atoms with van der Waals surface area (Å²) in [6.07, 6.45) is 3.70. The third-order valence-electron chi connectivity index (χ3n) is 2.52. The molecule has 0 rings (SSSR count). The van der Waals surface area contributed by atoms with Crippen LogP contribution in [0.25, 0.3) is 0 Å². The van der Waals surface area contributed by atoms with Crippen LogP contribution in [0.1, 0.15) is 39.5 Å². The van der Waals surface area contributed by atoms with E-state index in [-0.39, 0.29) is 5.91 Å². The first-order valence-electron chi connectivity index (χ1n) is 6.22. The number of rotatable bonds is 9. The SMILES string of the molecule is CC(C)C[C@@H](N)C(=O)N[C@@H](C=O)CCCCN. The van der Waals surface area contributed by atoms with Crippen molar-refractivity contribution < 1.29 is 9.59 Å². The maximum absolute atomic E-state index is 11.7. The lowest BCUT2D eigenvalue weighted by molar-refractivity contribution is -0.125. The van der Waals surface area contributed by atoms with Crippen molar-refractivity contribution in [2.24, 2.45) is 17.4 Å². The van der Waals surface area contributed by atoms with E-state index in [0.717, 1.165) is 19.1 Å². The van der Waals surface area contributed by atoms with E-state index in [2.05, 4.69) is 5.32 Å². The normalized spacial score (nSPS) is 14.4. The first kappa shape index (κ1) is 16.1. The Morgan fingerprint density at radius 2 is 2.00 bits per heavy atom. The van der Waals surface area contributed by atoms with Crippen molar-refractivity contribution in [1.29, 1.82) is 0 Å². The van der Waals surface area contributed by atoms with Gasteiger partial charge in [-0.15, -0.1) is 0 Å². The number of nitrogens with two attached hydrogens (primary N) is 2.